The lowest BCUT2D eigenvalue weighted by atomic mass is 9.67. The fourth-order valence-electron chi connectivity index (χ4n) is 4.03. The molecule has 1 aromatic carbocycles. The lowest BCUT2D eigenvalue weighted by Crippen LogP contribution is -2.45. The molecule has 2 rings (SSSR count). The van der Waals surface area contributed by atoms with Crippen molar-refractivity contribution in [1.82, 2.24) is 5.32 Å². The van der Waals surface area contributed by atoms with E-state index in [-0.39, 0.29) is 17.9 Å². The van der Waals surface area contributed by atoms with E-state index in [1.54, 1.807) is 0 Å². The van der Waals surface area contributed by atoms with Gasteiger partial charge in [0.05, 0.1) is 6.61 Å². The summed E-state index contributed by atoms with van der Waals surface area (Å²) in [6.07, 6.45) is 4.73. The molecule has 1 saturated carbocycles. The average molecular weight is 361 g/mol. The second kappa shape index (κ2) is 9.01. The predicted octanol–water partition coefficient (Wildman–Crippen LogP) is 3.33. The second-order valence-corrected chi connectivity index (χ2v) is 8.65. The van der Waals surface area contributed by atoms with E-state index in [1.807, 2.05) is 0 Å². The zero-order valence-electron chi connectivity index (χ0n) is 16.8. The molecule has 146 valence electrons. The van der Waals surface area contributed by atoms with Gasteiger partial charge in [-0.15, -0.1) is 0 Å². The molecule has 3 atom stereocenters. The molecule has 0 saturated heterocycles. The highest BCUT2D eigenvalue weighted by molar-refractivity contribution is 5.81. The standard InChI is InChI=1S/C22H36N2O2/c1-15(2)22(3,4)19-12-8-7-11-18(19)17-10-6-5-9-16(17)13-24-21(26)20(23)14-25/h7-8,11-12,15-17,20,25H,5-6,9-10,13-14,23H2,1-4H3,(H,24,26)/t16?,17?,20-/m0/s1. The number of carbonyl (C=O) groups is 1. The SMILES string of the molecule is CC(C)C(C)(C)c1ccccc1C1CCCCC1CNC(=O)[C@@H](N)CO. The summed E-state index contributed by atoms with van der Waals surface area (Å²) in [4.78, 5) is 12.0. The Kier molecular flexibility index (Phi) is 7.24. The Hall–Kier alpha value is -1.39. The third-order valence-electron chi connectivity index (χ3n) is 6.48. The largest absolute Gasteiger partial charge is 0.394 e. The van der Waals surface area contributed by atoms with Crippen LogP contribution >= 0.6 is 0 Å². The Labute approximate surface area is 158 Å². The molecule has 0 heterocycles. The van der Waals surface area contributed by atoms with Gasteiger partial charge in [0.2, 0.25) is 5.91 Å². The number of nitrogens with one attached hydrogen (secondary N) is 1. The fourth-order valence-corrected chi connectivity index (χ4v) is 4.03. The maximum Gasteiger partial charge on any atom is 0.239 e. The van der Waals surface area contributed by atoms with Gasteiger partial charge in [-0.1, -0.05) is 64.8 Å². The number of rotatable bonds is 7. The lowest BCUT2D eigenvalue weighted by Gasteiger charge is -2.38. The van der Waals surface area contributed by atoms with Gasteiger partial charge in [0, 0.05) is 6.54 Å². The summed E-state index contributed by atoms with van der Waals surface area (Å²) in [5.41, 5.74) is 8.62. The minimum Gasteiger partial charge on any atom is -0.394 e. The highest BCUT2D eigenvalue weighted by atomic mass is 16.3. The number of hydrogen-bond donors (Lipinski definition) is 3. The summed E-state index contributed by atoms with van der Waals surface area (Å²) < 4.78 is 0. The minimum atomic E-state index is -0.829. The smallest absolute Gasteiger partial charge is 0.239 e. The van der Waals surface area contributed by atoms with Gasteiger partial charge in [-0.05, 0) is 47.1 Å². The van der Waals surface area contributed by atoms with Crippen LogP contribution in [0.25, 0.3) is 0 Å². The minimum absolute atomic E-state index is 0.112. The van der Waals surface area contributed by atoms with Crippen molar-refractivity contribution in [3.05, 3.63) is 35.4 Å². The van der Waals surface area contributed by atoms with E-state index >= 15 is 0 Å². The zero-order valence-corrected chi connectivity index (χ0v) is 16.8. The molecule has 1 aromatic rings. The van der Waals surface area contributed by atoms with Crippen LogP contribution < -0.4 is 11.1 Å². The van der Waals surface area contributed by atoms with Crippen molar-refractivity contribution in [3.63, 3.8) is 0 Å². The summed E-state index contributed by atoms with van der Waals surface area (Å²) in [5.74, 6) is 1.17. The molecule has 1 amide bonds. The highest BCUT2D eigenvalue weighted by Crippen LogP contribution is 2.43. The third-order valence-corrected chi connectivity index (χ3v) is 6.48. The van der Waals surface area contributed by atoms with E-state index in [0.29, 0.717) is 24.3 Å². The quantitative estimate of drug-likeness (QED) is 0.698. The first kappa shape index (κ1) is 20.9. The van der Waals surface area contributed by atoms with Crippen molar-refractivity contribution in [3.8, 4) is 0 Å². The topological polar surface area (TPSA) is 75.4 Å². The van der Waals surface area contributed by atoms with Crippen LogP contribution in [0.5, 0.6) is 0 Å². The average Bonchev–Trinajstić information content (AvgIpc) is 2.65. The van der Waals surface area contributed by atoms with Crippen molar-refractivity contribution in [2.75, 3.05) is 13.2 Å². The molecule has 4 N–H and O–H groups in total. The van der Waals surface area contributed by atoms with Crippen molar-refractivity contribution in [1.29, 1.82) is 0 Å². The number of nitrogens with two attached hydrogens (primary N) is 1. The van der Waals surface area contributed by atoms with Crippen molar-refractivity contribution >= 4 is 5.91 Å². The van der Waals surface area contributed by atoms with Gasteiger partial charge in [0.15, 0.2) is 0 Å². The lowest BCUT2D eigenvalue weighted by molar-refractivity contribution is -0.123. The van der Waals surface area contributed by atoms with E-state index in [9.17, 15) is 4.79 Å². The molecule has 2 unspecified atom stereocenters. The Morgan fingerprint density at radius 1 is 1.27 bits per heavy atom. The van der Waals surface area contributed by atoms with Gasteiger partial charge in [0.25, 0.3) is 0 Å². The first-order chi connectivity index (χ1) is 12.3. The van der Waals surface area contributed by atoms with Gasteiger partial charge in [-0.3, -0.25) is 4.79 Å². The fraction of sp³-hybridized carbons (Fsp3) is 0.682. The van der Waals surface area contributed by atoms with Crippen LogP contribution in [0.1, 0.15) is 70.4 Å². The van der Waals surface area contributed by atoms with Gasteiger partial charge >= 0.3 is 0 Å². The maximum absolute atomic E-state index is 12.0. The molecule has 0 bridgehead atoms. The van der Waals surface area contributed by atoms with Crippen molar-refractivity contribution in [2.45, 2.75) is 70.8 Å². The number of hydrogen-bond acceptors (Lipinski definition) is 3. The predicted molar refractivity (Wildman–Crippen MR) is 107 cm³/mol. The first-order valence-corrected chi connectivity index (χ1v) is 10.0. The molecule has 0 spiro atoms. The van der Waals surface area contributed by atoms with E-state index in [4.69, 9.17) is 10.8 Å². The summed E-state index contributed by atoms with van der Waals surface area (Å²) in [5, 5.41) is 12.0. The van der Waals surface area contributed by atoms with Crippen LogP contribution in [0.3, 0.4) is 0 Å². The van der Waals surface area contributed by atoms with Gasteiger partial charge in [-0.2, -0.15) is 0 Å². The van der Waals surface area contributed by atoms with Gasteiger partial charge in [-0.25, -0.2) is 0 Å². The van der Waals surface area contributed by atoms with E-state index in [0.717, 1.165) is 12.8 Å². The summed E-state index contributed by atoms with van der Waals surface area (Å²) in [7, 11) is 0. The van der Waals surface area contributed by atoms with Gasteiger partial charge < -0.3 is 16.2 Å². The summed E-state index contributed by atoms with van der Waals surface area (Å²) in [6.45, 7) is 9.54. The van der Waals surface area contributed by atoms with Crippen LogP contribution in [0.15, 0.2) is 24.3 Å². The number of benzene rings is 1. The molecule has 4 heteroatoms. The molecule has 1 fully saturated rings. The van der Waals surface area contributed by atoms with Crippen LogP contribution in [0, 0.1) is 11.8 Å². The van der Waals surface area contributed by atoms with Crippen LogP contribution in [0.2, 0.25) is 0 Å². The molecule has 0 aliphatic heterocycles. The molecule has 1 aliphatic rings. The molecule has 0 aromatic heterocycles. The van der Waals surface area contributed by atoms with E-state index in [2.05, 4.69) is 57.3 Å². The van der Waals surface area contributed by atoms with Crippen LogP contribution in [-0.2, 0) is 10.2 Å². The van der Waals surface area contributed by atoms with E-state index in [1.165, 1.54) is 24.0 Å². The Morgan fingerprint density at radius 3 is 2.58 bits per heavy atom. The number of aliphatic hydroxyl groups is 1. The normalized spacial score (nSPS) is 22.3. The Bertz CT molecular complexity index is 598. The van der Waals surface area contributed by atoms with Crippen molar-refractivity contribution in [2.24, 2.45) is 17.6 Å². The third kappa shape index (κ3) is 4.66. The summed E-state index contributed by atoms with van der Waals surface area (Å²) >= 11 is 0. The molecule has 26 heavy (non-hydrogen) atoms. The number of amides is 1. The molecular formula is C22H36N2O2. The Morgan fingerprint density at radius 2 is 1.92 bits per heavy atom. The number of aliphatic hydroxyl groups excluding tert-OH is 1. The summed E-state index contributed by atoms with van der Waals surface area (Å²) in [6, 6.07) is 8.01. The number of carbonyl (C=O) groups excluding carboxylic acids is 1. The monoisotopic (exact) mass is 360 g/mol. The van der Waals surface area contributed by atoms with Crippen molar-refractivity contribution < 1.29 is 9.90 Å². The van der Waals surface area contributed by atoms with Crippen LogP contribution in [-0.4, -0.2) is 30.2 Å². The molecule has 0 radical (unpaired) electrons. The van der Waals surface area contributed by atoms with Crippen LogP contribution in [0.4, 0.5) is 0 Å². The Balaban J connectivity index is 2.24. The van der Waals surface area contributed by atoms with E-state index < -0.39 is 6.04 Å². The van der Waals surface area contributed by atoms with Gasteiger partial charge in [0.1, 0.15) is 6.04 Å². The molecule has 1 aliphatic carbocycles. The maximum atomic E-state index is 12.0. The second-order valence-electron chi connectivity index (χ2n) is 8.65. The highest BCUT2D eigenvalue weighted by Gasteiger charge is 2.33. The molecular weight excluding hydrogens is 324 g/mol. The molecule has 4 nitrogen and oxygen atoms in total. The zero-order chi connectivity index (χ0) is 19.3. The first-order valence-electron chi connectivity index (χ1n) is 10.0.